The fourth-order valence-electron chi connectivity index (χ4n) is 2.13. The summed E-state index contributed by atoms with van der Waals surface area (Å²) in [5, 5.41) is 1.27. The summed E-state index contributed by atoms with van der Waals surface area (Å²) in [6.07, 6.45) is 0. The molecule has 0 aliphatic rings. The van der Waals surface area contributed by atoms with Crippen molar-refractivity contribution in [3.05, 3.63) is 95.2 Å². The van der Waals surface area contributed by atoms with Gasteiger partial charge in [-0.05, 0) is 24.3 Å². The van der Waals surface area contributed by atoms with E-state index in [0.717, 1.165) is 0 Å². The first-order valence-electron chi connectivity index (χ1n) is 6.77. The maximum atomic E-state index is 12.0. The van der Waals surface area contributed by atoms with E-state index in [0.29, 0.717) is 21.9 Å². The average Bonchev–Trinajstić information content (AvgIpc) is 2.57. The molecule has 0 atom stereocenters. The normalized spacial score (nSPS) is 10.1. The molecule has 102 valence electrons. The van der Waals surface area contributed by atoms with E-state index >= 15 is 0 Å². The molecule has 4 rings (SSSR count). The minimum Gasteiger partial charge on any atom is -0.456 e. The van der Waals surface area contributed by atoms with Gasteiger partial charge in [0.05, 0.1) is 10.8 Å². The zero-order chi connectivity index (χ0) is 14.5. The van der Waals surface area contributed by atoms with Gasteiger partial charge in [0.1, 0.15) is 11.2 Å². The quantitative estimate of drug-likeness (QED) is 0.437. The van der Waals surface area contributed by atoms with Gasteiger partial charge in [0.15, 0.2) is 0 Å². The van der Waals surface area contributed by atoms with Gasteiger partial charge < -0.3 is 4.42 Å². The zero-order valence-electron chi connectivity index (χ0n) is 11.4. The molecule has 0 unspecified atom stereocenters. The van der Waals surface area contributed by atoms with Gasteiger partial charge in [-0.15, -0.1) is 0 Å². The Morgan fingerprint density at radius 2 is 0.905 bits per heavy atom. The molecule has 2 nitrogen and oxygen atoms in total. The number of benzene rings is 3. The maximum absolute atomic E-state index is 12.0. The van der Waals surface area contributed by atoms with E-state index < -0.39 is 0 Å². The second kappa shape index (κ2) is 6.06. The van der Waals surface area contributed by atoms with Crippen molar-refractivity contribution in [2.24, 2.45) is 0 Å². The molecule has 0 fully saturated rings. The lowest BCUT2D eigenvalue weighted by Crippen LogP contribution is -2.01. The van der Waals surface area contributed by atoms with Gasteiger partial charge in [0.25, 0.3) is 0 Å². The van der Waals surface area contributed by atoms with Gasteiger partial charge in [-0.1, -0.05) is 60.7 Å². The molecule has 2 heteroatoms. The van der Waals surface area contributed by atoms with Crippen LogP contribution in [0.25, 0.3) is 21.9 Å². The lowest BCUT2D eigenvalue weighted by atomic mass is 10.1. The summed E-state index contributed by atoms with van der Waals surface area (Å²) >= 11 is 0. The molecule has 0 N–H and O–H groups in total. The van der Waals surface area contributed by atoms with Crippen molar-refractivity contribution in [1.29, 1.82) is 0 Å². The third kappa shape index (κ3) is 2.84. The Bertz CT molecular complexity index is 825. The molecule has 1 aromatic heterocycles. The molecule has 0 aliphatic carbocycles. The molecule has 0 saturated heterocycles. The Hall–Kier alpha value is -2.87. The van der Waals surface area contributed by atoms with Crippen LogP contribution in [-0.2, 0) is 0 Å². The Labute approximate surface area is 122 Å². The monoisotopic (exact) mass is 274 g/mol. The largest absolute Gasteiger partial charge is 0.456 e. The van der Waals surface area contributed by atoms with Gasteiger partial charge in [0, 0.05) is 0 Å². The van der Waals surface area contributed by atoms with E-state index in [1.807, 2.05) is 72.8 Å². The SMILES string of the molecule is O=c1c2ccccc2oc2ccccc12.c1ccccc1. The molecule has 4 aromatic rings. The standard InChI is InChI=1S/C13H8O2.C6H6/c14-13-9-5-1-3-7-11(9)15-12-8-4-2-6-10(12)13;1-2-4-6-5-3-1/h1-8H;1-6H. The summed E-state index contributed by atoms with van der Waals surface area (Å²) in [7, 11) is 0. The van der Waals surface area contributed by atoms with E-state index in [-0.39, 0.29) is 5.43 Å². The fraction of sp³-hybridized carbons (Fsp3) is 0. The van der Waals surface area contributed by atoms with Crippen LogP contribution in [0.2, 0.25) is 0 Å². The zero-order valence-corrected chi connectivity index (χ0v) is 11.4. The van der Waals surface area contributed by atoms with Gasteiger partial charge in [-0.2, -0.15) is 0 Å². The first-order chi connectivity index (χ1) is 10.4. The third-order valence-electron chi connectivity index (χ3n) is 3.15. The second-order valence-electron chi connectivity index (χ2n) is 4.58. The van der Waals surface area contributed by atoms with E-state index in [9.17, 15) is 4.79 Å². The highest BCUT2D eigenvalue weighted by Gasteiger charge is 2.04. The van der Waals surface area contributed by atoms with Gasteiger partial charge in [-0.25, -0.2) is 0 Å². The third-order valence-corrected chi connectivity index (χ3v) is 3.15. The minimum absolute atomic E-state index is 0.0347. The number of rotatable bonds is 0. The number of fused-ring (bicyclic) bond motifs is 2. The van der Waals surface area contributed by atoms with E-state index in [1.165, 1.54) is 0 Å². The highest BCUT2D eigenvalue weighted by Crippen LogP contribution is 2.17. The van der Waals surface area contributed by atoms with Crippen LogP contribution < -0.4 is 5.43 Å². The molecular weight excluding hydrogens is 260 g/mol. The molecule has 0 spiro atoms. The van der Waals surface area contributed by atoms with Crippen molar-refractivity contribution >= 4 is 21.9 Å². The molecule has 0 radical (unpaired) electrons. The van der Waals surface area contributed by atoms with E-state index in [1.54, 1.807) is 12.1 Å². The summed E-state index contributed by atoms with van der Waals surface area (Å²) < 4.78 is 5.63. The molecule has 0 bridgehead atoms. The van der Waals surface area contributed by atoms with Gasteiger partial charge >= 0.3 is 0 Å². The van der Waals surface area contributed by atoms with Crippen LogP contribution in [0.1, 0.15) is 0 Å². The highest BCUT2D eigenvalue weighted by molar-refractivity contribution is 5.89. The Morgan fingerprint density at radius 1 is 0.524 bits per heavy atom. The predicted octanol–water partition coefficient (Wildman–Crippen LogP) is 4.63. The van der Waals surface area contributed by atoms with Crippen molar-refractivity contribution in [3.8, 4) is 0 Å². The highest BCUT2D eigenvalue weighted by atomic mass is 16.3. The minimum atomic E-state index is 0.0347. The first kappa shape index (κ1) is 13.1. The Balaban J connectivity index is 0.000000186. The summed E-state index contributed by atoms with van der Waals surface area (Å²) in [5.41, 5.74) is 1.31. The number of hydrogen-bond acceptors (Lipinski definition) is 2. The Kier molecular flexibility index (Phi) is 3.79. The van der Waals surface area contributed by atoms with Crippen LogP contribution >= 0.6 is 0 Å². The van der Waals surface area contributed by atoms with Crippen molar-refractivity contribution < 1.29 is 4.42 Å². The summed E-state index contributed by atoms with van der Waals surface area (Å²) in [6.45, 7) is 0. The first-order valence-corrected chi connectivity index (χ1v) is 6.77. The summed E-state index contributed by atoms with van der Waals surface area (Å²) in [6, 6.07) is 26.6. The number of hydrogen-bond donors (Lipinski definition) is 0. The molecule has 0 saturated carbocycles. The lowest BCUT2D eigenvalue weighted by Gasteiger charge is -1.99. The van der Waals surface area contributed by atoms with Crippen LogP contribution in [0.5, 0.6) is 0 Å². The average molecular weight is 274 g/mol. The number of para-hydroxylation sites is 2. The van der Waals surface area contributed by atoms with Crippen LogP contribution in [0.4, 0.5) is 0 Å². The lowest BCUT2D eigenvalue weighted by molar-refractivity contribution is 0.660. The summed E-state index contributed by atoms with van der Waals surface area (Å²) in [5.74, 6) is 0. The summed E-state index contributed by atoms with van der Waals surface area (Å²) in [4.78, 5) is 12.0. The van der Waals surface area contributed by atoms with Crippen LogP contribution in [-0.4, -0.2) is 0 Å². The van der Waals surface area contributed by atoms with Gasteiger partial charge in [0.2, 0.25) is 5.43 Å². The predicted molar refractivity (Wildman–Crippen MR) is 86.4 cm³/mol. The smallest absolute Gasteiger partial charge is 0.200 e. The topological polar surface area (TPSA) is 30.2 Å². The van der Waals surface area contributed by atoms with Crippen molar-refractivity contribution in [2.45, 2.75) is 0 Å². The van der Waals surface area contributed by atoms with Crippen molar-refractivity contribution in [2.75, 3.05) is 0 Å². The van der Waals surface area contributed by atoms with Crippen LogP contribution in [0, 0.1) is 0 Å². The molecule has 3 aromatic carbocycles. The van der Waals surface area contributed by atoms with Crippen molar-refractivity contribution in [3.63, 3.8) is 0 Å². The van der Waals surface area contributed by atoms with Crippen LogP contribution in [0.15, 0.2) is 94.1 Å². The molecular formula is C19H14O2. The van der Waals surface area contributed by atoms with E-state index in [2.05, 4.69) is 0 Å². The van der Waals surface area contributed by atoms with E-state index in [4.69, 9.17) is 4.42 Å². The Morgan fingerprint density at radius 3 is 1.33 bits per heavy atom. The fourth-order valence-corrected chi connectivity index (χ4v) is 2.13. The van der Waals surface area contributed by atoms with Gasteiger partial charge in [-0.3, -0.25) is 4.79 Å². The van der Waals surface area contributed by atoms with Crippen LogP contribution in [0.3, 0.4) is 0 Å². The van der Waals surface area contributed by atoms with Crippen molar-refractivity contribution in [1.82, 2.24) is 0 Å². The molecule has 0 amide bonds. The molecule has 0 aliphatic heterocycles. The maximum Gasteiger partial charge on any atom is 0.200 e. The molecule has 1 heterocycles. The molecule has 21 heavy (non-hydrogen) atoms. The second-order valence-corrected chi connectivity index (χ2v) is 4.58.